The molecule has 0 unspecified atom stereocenters. The van der Waals surface area contributed by atoms with Gasteiger partial charge in [0.15, 0.2) is 0 Å². The number of anilines is 1. The normalized spacial score (nSPS) is 20.4. The average Bonchev–Trinajstić information content (AvgIpc) is 2.59. The first kappa shape index (κ1) is 17.3. The van der Waals surface area contributed by atoms with Gasteiger partial charge >= 0.3 is 0 Å². The molecule has 1 aromatic carbocycles. The van der Waals surface area contributed by atoms with Gasteiger partial charge in [-0.25, -0.2) is 18.7 Å². The summed E-state index contributed by atoms with van der Waals surface area (Å²) in [6, 6.07) is 6.19. The number of hydrogen-bond acceptors (Lipinski definition) is 4. The number of rotatable bonds is 3. The Morgan fingerprint density at radius 2 is 2.12 bits per heavy atom. The number of carbonyl (C=O) groups excluding carboxylic acids is 1. The monoisotopic (exact) mass is 346 g/mol. The van der Waals surface area contributed by atoms with Gasteiger partial charge in [0.1, 0.15) is 24.1 Å². The van der Waals surface area contributed by atoms with Crippen molar-refractivity contribution in [2.75, 3.05) is 18.0 Å². The molecule has 7 heteroatoms. The maximum Gasteiger partial charge on any atom is 0.217 e. The van der Waals surface area contributed by atoms with Crippen LogP contribution in [-0.4, -0.2) is 41.2 Å². The molecule has 0 bridgehead atoms. The van der Waals surface area contributed by atoms with Crippen molar-refractivity contribution in [1.29, 1.82) is 0 Å². The molecule has 0 radical (unpaired) electrons. The van der Waals surface area contributed by atoms with E-state index in [1.54, 1.807) is 25.1 Å². The molecular formula is C18H20F2N4O. The maximum atomic E-state index is 14.3. The zero-order valence-corrected chi connectivity index (χ0v) is 14.2. The fourth-order valence-corrected chi connectivity index (χ4v) is 2.97. The molecule has 1 aromatic heterocycles. The number of nitrogens with one attached hydrogen (secondary N) is 1. The number of amides is 1. The van der Waals surface area contributed by atoms with Gasteiger partial charge in [-0.2, -0.15) is 0 Å². The highest BCUT2D eigenvalue weighted by molar-refractivity contribution is 5.73. The lowest BCUT2D eigenvalue weighted by Gasteiger charge is -2.35. The van der Waals surface area contributed by atoms with Crippen LogP contribution in [0, 0.1) is 12.7 Å². The summed E-state index contributed by atoms with van der Waals surface area (Å²) in [5.41, 5.74) is 1.80. The van der Waals surface area contributed by atoms with E-state index < -0.39 is 12.2 Å². The standard InChI is InChI=1S/C18H20F2N4O/c1-11-3-4-13(7-14(11)19)17-8-18(22-10-21-17)24-6-5-16(15(20)9-24)23-12(2)25/h3-4,7-8,10,15-16H,5-6,9H2,1-2H3,(H,23,25)/t15-,16-/m1/s1. The summed E-state index contributed by atoms with van der Waals surface area (Å²) >= 11 is 0. The van der Waals surface area contributed by atoms with Gasteiger partial charge in [-0.1, -0.05) is 12.1 Å². The molecule has 0 saturated carbocycles. The van der Waals surface area contributed by atoms with Gasteiger partial charge in [0.05, 0.1) is 18.3 Å². The summed E-state index contributed by atoms with van der Waals surface area (Å²) in [5.74, 6) is 0.0688. The Bertz CT molecular complexity index is 783. The van der Waals surface area contributed by atoms with Crippen LogP contribution in [0.15, 0.2) is 30.6 Å². The summed E-state index contributed by atoms with van der Waals surface area (Å²) in [5, 5.41) is 2.64. The van der Waals surface area contributed by atoms with E-state index in [2.05, 4.69) is 15.3 Å². The van der Waals surface area contributed by atoms with Crippen molar-refractivity contribution in [3.8, 4) is 11.3 Å². The Labute approximate surface area is 145 Å². The first-order chi connectivity index (χ1) is 11.9. The number of carbonyl (C=O) groups is 1. The number of aryl methyl sites for hydroxylation is 1. The lowest BCUT2D eigenvalue weighted by Crippen LogP contribution is -2.52. The van der Waals surface area contributed by atoms with Gasteiger partial charge in [-0.3, -0.25) is 4.79 Å². The molecule has 3 rings (SSSR count). The van der Waals surface area contributed by atoms with Crippen molar-refractivity contribution in [2.45, 2.75) is 32.5 Å². The van der Waals surface area contributed by atoms with Crippen LogP contribution in [0.2, 0.25) is 0 Å². The number of nitrogens with zero attached hydrogens (tertiary/aromatic N) is 3. The van der Waals surface area contributed by atoms with Crippen LogP contribution in [0.1, 0.15) is 18.9 Å². The molecule has 1 amide bonds. The first-order valence-corrected chi connectivity index (χ1v) is 8.18. The smallest absolute Gasteiger partial charge is 0.217 e. The number of hydrogen-bond donors (Lipinski definition) is 1. The fraction of sp³-hybridized carbons (Fsp3) is 0.389. The van der Waals surface area contributed by atoms with Crippen molar-refractivity contribution in [2.24, 2.45) is 0 Å². The molecule has 2 heterocycles. The Kier molecular flexibility index (Phi) is 4.92. The summed E-state index contributed by atoms with van der Waals surface area (Å²) in [4.78, 5) is 21.3. The van der Waals surface area contributed by atoms with Crippen LogP contribution in [0.5, 0.6) is 0 Å². The number of benzene rings is 1. The van der Waals surface area contributed by atoms with Crippen LogP contribution < -0.4 is 10.2 Å². The molecule has 2 atom stereocenters. The van der Waals surface area contributed by atoms with E-state index in [-0.39, 0.29) is 18.3 Å². The van der Waals surface area contributed by atoms with Crippen LogP contribution in [-0.2, 0) is 4.79 Å². The molecule has 2 aromatic rings. The molecule has 1 aliphatic heterocycles. The van der Waals surface area contributed by atoms with Crippen LogP contribution in [0.25, 0.3) is 11.3 Å². The number of aromatic nitrogens is 2. The molecular weight excluding hydrogens is 326 g/mol. The molecule has 5 nitrogen and oxygen atoms in total. The topological polar surface area (TPSA) is 58.1 Å². The number of halogens is 2. The van der Waals surface area contributed by atoms with Gasteiger partial charge in [0, 0.05) is 25.1 Å². The molecule has 1 aliphatic rings. The fourth-order valence-electron chi connectivity index (χ4n) is 2.97. The van der Waals surface area contributed by atoms with Crippen molar-refractivity contribution in [3.05, 3.63) is 42.0 Å². The summed E-state index contributed by atoms with van der Waals surface area (Å²) < 4.78 is 28.1. The van der Waals surface area contributed by atoms with Crippen LogP contribution >= 0.6 is 0 Å². The van der Waals surface area contributed by atoms with E-state index in [1.807, 2.05) is 4.90 Å². The van der Waals surface area contributed by atoms with Gasteiger partial charge in [0.25, 0.3) is 0 Å². The highest BCUT2D eigenvalue weighted by Crippen LogP contribution is 2.25. The highest BCUT2D eigenvalue weighted by Gasteiger charge is 2.30. The van der Waals surface area contributed by atoms with Crippen molar-refractivity contribution < 1.29 is 13.6 Å². The Hall–Kier alpha value is -2.57. The predicted octanol–water partition coefficient (Wildman–Crippen LogP) is 2.64. The summed E-state index contributed by atoms with van der Waals surface area (Å²) in [6.45, 7) is 3.80. The molecule has 0 aliphatic carbocycles. The molecule has 1 saturated heterocycles. The zero-order valence-electron chi connectivity index (χ0n) is 14.2. The van der Waals surface area contributed by atoms with E-state index >= 15 is 0 Å². The van der Waals surface area contributed by atoms with E-state index in [1.165, 1.54) is 19.3 Å². The third kappa shape index (κ3) is 3.92. The molecule has 0 spiro atoms. The Balaban J connectivity index is 1.78. The number of alkyl halides is 1. The third-order valence-electron chi connectivity index (χ3n) is 4.37. The molecule has 25 heavy (non-hydrogen) atoms. The van der Waals surface area contributed by atoms with E-state index in [4.69, 9.17) is 0 Å². The zero-order chi connectivity index (χ0) is 18.0. The van der Waals surface area contributed by atoms with Gasteiger partial charge < -0.3 is 10.2 Å². The minimum atomic E-state index is -1.17. The van der Waals surface area contributed by atoms with Crippen molar-refractivity contribution in [3.63, 3.8) is 0 Å². The highest BCUT2D eigenvalue weighted by atomic mass is 19.1. The second-order valence-electron chi connectivity index (χ2n) is 6.28. The lowest BCUT2D eigenvalue weighted by atomic mass is 10.0. The second-order valence-corrected chi connectivity index (χ2v) is 6.28. The minimum Gasteiger partial charge on any atom is -0.353 e. The van der Waals surface area contributed by atoms with Crippen molar-refractivity contribution >= 4 is 11.7 Å². The molecule has 1 fully saturated rings. The van der Waals surface area contributed by atoms with Gasteiger partial charge in [0.2, 0.25) is 5.91 Å². The second kappa shape index (κ2) is 7.13. The van der Waals surface area contributed by atoms with E-state index in [0.717, 1.165) is 0 Å². The van der Waals surface area contributed by atoms with Crippen LogP contribution in [0.4, 0.5) is 14.6 Å². The minimum absolute atomic E-state index is 0.143. The van der Waals surface area contributed by atoms with Crippen LogP contribution in [0.3, 0.4) is 0 Å². The first-order valence-electron chi connectivity index (χ1n) is 8.18. The van der Waals surface area contributed by atoms with Gasteiger partial charge in [-0.05, 0) is 25.0 Å². The largest absolute Gasteiger partial charge is 0.353 e. The predicted molar refractivity (Wildman–Crippen MR) is 91.5 cm³/mol. The maximum absolute atomic E-state index is 14.3. The third-order valence-corrected chi connectivity index (χ3v) is 4.37. The van der Waals surface area contributed by atoms with E-state index in [9.17, 15) is 13.6 Å². The summed E-state index contributed by atoms with van der Waals surface area (Å²) in [7, 11) is 0. The molecule has 1 N–H and O–H groups in total. The summed E-state index contributed by atoms with van der Waals surface area (Å²) in [6.07, 6.45) is 0.724. The molecule has 132 valence electrons. The Morgan fingerprint density at radius 1 is 1.32 bits per heavy atom. The van der Waals surface area contributed by atoms with Gasteiger partial charge in [-0.15, -0.1) is 0 Å². The Morgan fingerprint density at radius 3 is 2.80 bits per heavy atom. The number of piperidine rings is 1. The average molecular weight is 346 g/mol. The lowest BCUT2D eigenvalue weighted by molar-refractivity contribution is -0.120. The quantitative estimate of drug-likeness (QED) is 0.928. The SMILES string of the molecule is CC(=O)N[C@@H]1CCN(c2cc(-c3ccc(C)c(F)c3)ncn2)C[C@H]1F. The van der Waals surface area contributed by atoms with Crippen molar-refractivity contribution in [1.82, 2.24) is 15.3 Å². The van der Waals surface area contributed by atoms with E-state index in [0.29, 0.717) is 35.6 Å².